The fourth-order valence-electron chi connectivity index (χ4n) is 5.09. The molecular formula is C29H29BrO4. The summed E-state index contributed by atoms with van der Waals surface area (Å²) >= 11 is 3.66. The van der Waals surface area contributed by atoms with Gasteiger partial charge < -0.3 is 13.9 Å². The predicted octanol–water partition coefficient (Wildman–Crippen LogP) is 8.08. The van der Waals surface area contributed by atoms with Crippen molar-refractivity contribution >= 4 is 43.6 Å². The van der Waals surface area contributed by atoms with E-state index in [-0.39, 0.29) is 12.6 Å². The summed E-state index contributed by atoms with van der Waals surface area (Å²) in [6.45, 7) is 2.01. The Labute approximate surface area is 208 Å². The van der Waals surface area contributed by atoms with Crippen LogP contribution in [0, 0.1) is 5.92 Å². The summed E-state index contributed by atoms with van der Waals surface area (Å²) in [4.78, 5) is 11.7. The summed E-state index contributed by atoms with van der Waals surface area (Å²) in [5.41, 5.74) is 3.34. The molecule has 4 aromatic rings. The standard InChI is InChI=1S/C29H29BrO4/c1-2-32-27(31)18-33-26-16-13-20-17-21(12-15-22(20)28(26)30)29-24(14-11-19-7-3-4-8-19)23-9-5-6-10-25(23)34-29/h5-6,9-10,12-13,15-17,19H,2-4,7-8,11,14,18H2,1H3. The normalized spacial score (nSPS) is 14.2. The zero-order chi connectivity index (χ0) is 23.5. The van der Waals surface area contributed by atoms with E-state index in [4.69, 9.17) is 13.9 Å². The average Bonchev–Trinajstić information content (AvgIpc) is 3.50. The van der Waals surface area contributed by atoms with Gasteiger partial charge >= 0.3 is 5.97 Å². The molecule has 0 bridgehead atoms. The van der Waals surface area contributed by atoms with E-state index in [0.717, 1.165) is 44.5 Å². The Morgan fingerprint density at radius 3 is 2.71 bits per heavy atom. The second kappa shape index (κ2) is 10.2. The van der Waals surface area contributed by atoms with Gasteiger partial charge in [0, 0.05) is 16.5 Å². The number of fused-ring (bicyclic) bond motifs is 2. The van der Waals surface area contributed by atoms with Crippen LogP contribution < -0.4 is 4.74 Å². The Hall–Kier alpha value is -2.79. The number of hydrogen-bond donors (Lipinski definition) is 0. The molecule has 0 saturated heterocycles. The molecule has 1 aliphatic rings. The monoisotopic (exact) mass is 520 g/mol. The van der Waals surface area contributed by atoms with E-state index in [9.17, 15) is 4.79 Å². The molecule has 5 rings (SSSR count). The lowest BCUT2D eigenvalue weighted by Gasteiger charge is -2.12. The summed E-state index contributed by atoms with van der Waals surface area (Å²) in [7, 11) is 0. The van der Waals surface area contributed by atoms with Gasteiger partial charge in [-0.2, -0.15) is 0 Å². The van der Waals surface area contributed by atoms with Crippen LogP contribution in [0.2, 0.25) is 0 Å². The largest absolute Gasteiger partial charge is 0.481 e. The minimum atomic E-state index is -0.375. The molecule has 1 saturated carbocycles. The molecule has 1 heterocycles. The van der Waals surface area contributed by atoms with Gasteiger partial charge in [-0.15, -0.1) is 0 Å². The zero-order valence-electron chi connectivity index (χ0n) is 19.4. The predicted molar refractivity (Wildman–Crippen MR) is 139 cm³/mol. The number of furan rings is 1. The highest BCUT2D eigenvalue weighted by Gasteiger charge is 2.20. The summed E-state index contributed by atoms with van der Waals surface area (Å²) in [5, 5.41) is 3.32. The first-order valence-electron chi connectivity index (χ1n) is 12.2. The first-order valence-corrected chi connectivity index (χ1v) is 12.9. The topological polar surface area (TPSA) is 48.7 Å². The second-order valence-corrected chi connectivity index (χ2v) is 9.80. The van der Waals surface area contributed by atoms with Crippen LogP contribution in [0.3, 0.4) is 0 Å². The zero-order valence-corrected chi connectivity index (χ0v) is 21.0. The molecule has 1 aliphatic carbocycles. The lowest BCUT2D eigenvalue weighted by atomic mass is 9.94. The molecule has 0 unspecified atom stereocenters. The molecule has 0 spiro atoms. The van der Waals surface area contributed by atoms with Gasteiger partial charge in [-0.25, -0.2) is 4.79 Å². The lowest BCUT2D eigenvalue weighted by molar-refractivity contribution is -0.145. The van der Waals surface area contributed by atoms with Crippen LogP contribution in [0.5, 0.6) is 5.75 Å². The molecule has 1 aromatic heterocycles. The molecule has 0 aliphatic heterocycles. The summed E-state index contributed by atoms with van der Waals surface area (Å²) < 4.78 is 17.9. The first kappa shape index (κ1) is 23.0. The van der Waals surface area contributed by atoms with Crippen molar-refractivity contribution in [1.82, 2.24) is 0 Å². The van der Waals surface area contributed by atoms with E-state index in [1.807, 2.05) is 18.2 Å². The Bertz CT molecular complexity index is 1320. The minimum Gasteiger partial charge on any atom is -0.481 e. The number of esters is 1. The van der Waals surface area contributed by atoms with Crippen LogP contribution in [0.1, 0.15) is 44.6 Å². The second-order valence-electron chi connectivity index (χ2n) is 9.00. The number of rotatable bonds is 8. The third-order valence-electron chi connectivity index (χ3n) is 6.81. The first-order chi connectivity index (χ1) is 16.6. The van der Waals surface area contributed by atoms with Gasteiger partial charge in [0.1, 0.15) is 17.1 Å². The number of carbonyl (C=O) groups is 1. The van der Waals surface area contributed by atoms with E-state index in [0.29, 0.717) is 12.4 Å². The molecule has 0 radical (unpaired) electrons. The molecule has 0 N–H and O–H groups in total. The van der Waals surface area contributed by atoms with Crippen molar-refractivity contribution in [2.75, 3.05) is 13.2 Å². The number of ether oxygens (including phenoxy) is 2. The number of carbonyl (C=O) groups excluding carboxylic acids is 1. The maximum atomic E-state index is 11.7. The van der Waals surface area contributed by atoms with Gasteiger partial charge in [0.2, 0.25) is 0 Å². The Kier molecular flexibility index (Phi) is 6.91. The molecule has 0 atom stereocenters. The lowest BCUT2D eigenvalue weighted by Crippen LogP contribution is -2.14. The highest BCUT2D eigenvalue weighted by atomic mass is 79.9. The molecule has 0 amide bonds. The van der Waals surface area contributed by atoms with Gasteiger partial charge in [-0.3, -0.25) is 0 Å². The highest BCUT2D eigenvalue weighted by molar-refractivity contribution is 9.10. The highest BCUT2D eigenvalue weighted by Crippen LogP contribution is 2.40. The van der Waals surface area contributed by atoms with Crippen molar-refractivity contribution in [1.29, 1.82) is 0 Å². The smallest absolute Gasteiger partial charge is 0.344 e. The van der Waals surface area contributed by atoms with Gasteiger partial charge in [0.25, 0.3) is 0 Å². The average molecular weight is 521 g/mol. The SMILES string of the molecule is CCOC(=O)COc1ccc2cc(-c3oc4ccccc4c3CCC3CCCC3)ccc2c1Br. The summed E-state index contributed by atoms with van der Waals surface area (Å²) in [6, 6.07) is 18.6. The molecule has 176 valence electrons. The fourth-order valence-corrected chi connectivity index (χ4v) is 5.70. The van der Waals surface area contributed by atoms with Crippen LogP contribution in [0.15, 0.2) is 63.5 Å². The quantitative estimate of drug-likeness (QED) is 0.220. The maximum absolute atomic E-state index is 11.7. The summed E-state index contributed by atoms with van der Waals surface area (Å²) in [6.07, 6.45) is 7.71. The molecule has 34 heavy (non-hydrogen) atoms. The number of para-hydroxylation sites is 1. The summed E-state index contributed by atoms with van der Waals surface area (Å²) in [5.74, 6) is 2.05. The number of aryl methyl sites for hydroxylation is 1. The van der Waals surface area contributed by atoms with Crippen LogP contribution in [-0.2, 0) is 16.0 Å². The van der Waals surface area contributed by atoms with Crippen molar-refractivity contribution in [2.45, 2.75) is 45.4 Å². The molecule has 4 nitrogen and oxygen atoms in total. The number of halogens is 1. The maximum Gasteiger partial charge on any atom is 0.344 e. The van der Waals surface area contributed by atoms with E-state index < -0.39 is 0 Å². The molecule has 1 fully saturated rings. The van der Waals surface area contributed by atoms with Gasteiger partial charge in [0.05, 0.1) is 11.1 Å². The van der Waals surface area contributed by atoms with Gasteiger partial charge in [-0.05, 0) is 70.6 Å². The fraction of sp³-hybridized carbons (Fsp3) is 0.345. The van der Waals surface area contributed by atoms with Crippen molar-refractivity contribution in [3.8, 4) is 17.1 Å². The third-order valence-corrected chi connectivity index (χ3v) is 7.63. The minimum absolute atomic E-state index is 0.112. The molecular weight excluding hydrogens is 492 g/mol. The van der Waals surface area contributed by atoms with Crippen LogP contribution >= 0.6 is 15.9 Å². The third kappa shape index (κ3) is 4.72. The number of benzene rings is 3. The van der Waals surface area contributed by atoms with Gasteiger partial charge in [0.15, 0.2) is 6.61 Å². The van der Waals surface area contributed by atoms with Crippen molar-refractivity contribution in [3.63, 3.8) is 0 Å². The Morgan fingerprint density at radius 2 is 1.88 bits per heavy atom. The van der Waals surface area contributed by atoms with Crippen molar-refractivity contribution < 1.29 is 18.7 Å². The van der Waals surface area contributed by atoms with Crippen LogP contribution in [0.4, 0.5) is 0 Å². The Morgan fingerprint density at radius 1 is 1.06 bits per heavy atom. The van der Waals surface area contributed by atoms with Gasteiger partial charge in [-0.1, -0.05) is 62.1 Å². The number of hydrogen-bond acceptors (Lipinski definition) is 4. The molecule has 5 heteroatoms. The van der Waals surface area contributed by atoms with E-state index in [2.05, 4.69) is 52.3 Å². The molecule has 3 aromatic carbocycles. The van der Waals surface area contributed by atoms with E-state index in [1.54, 1.807) is 6.92 Å². The van der Waals surface area contributed by atoms with Crippen molar-refractivity contribution in [2.24, 2.45) is 5.92 Å². The van der Waals surface area contributed by atoms with Crippen LogP contribution in [0.25, 0.3) is 33.1 Å². The van der Waals surface area contributed by atoms with Crippen LogP contribution in [-0.4, -0.2) is 19.2 Å². The van der Waals surface area contributed by atoms with E-state index >= 15 is 0 Å². The van der Waals surface area contributed by atoms with E-state index in [1.165, 1.54) is 43.1 Å². The Balaban J connectivity index is 1.46. The van der Waals surface area contributed by atoms with Crippen molar-refractivity contribution in [3.05, 3.63) is 64.6 Å².